The monoisotopic (exact) mass is 157 g/mol. The molecular weight excluding hydrogens is 150 g/mol. The molecular formula is C9H7N3. The van der Waals surface area contributed by atoms with Gasteiger partial charge in [-0.1, -0.05) is 12.1 Å². The van der Waals surface area contributed by atoms with E-state index in [2.05, 4.69) is 4.98 Å². The molecule has 1 aromatic heterocycles. The Morgan fingerprint density at radius 3 is 3.08 bits per heavy atom. The van der Waals surface area contributed by atoms with Crippen molar-refractivity contribution in [1.82, 2.24) is 9.55 Å². The maximum atomic E-state index is 8.69. The predicted molar refractivity (Wildman–Crippen MR) is 45.5 cm³/mol. The van der Waals surface area contributed by atoms with E-state index in [4.69, 9.17) is 5.26 Å². The number of benzene rings is 1. The van der Waals surface area contributed by atoms with Gasteiger partial charge in [0.25, 0.3) is 0 Å². The smallest absolute Gasteiger partial charge is 0.190 e. The number of para-hydroxylation sites is 1. The number of nitrogens with zero attached hydrogens (tertiary/aromatic N) is 3. The van der Waals surface area contributed by atoms with Crippen LogP contribution in [0.2, 0.25) is 0 Å². The number of aryl methyl sites for hydroxylation is 1. The second-order valence-corrected chi connectivity index (χ2v) is 2.66. The molecule has 0 fully saturated rings. The van der Waals surface area contributed by atoms with Gasteiger partial charge in [0.2, 0.25) is 0 Å². The second-order valence-electron chi connectivity index (χ2n) is 2.66. The third kappa shape index (κ3) is 0.785. The van der Waals surface area contributed by atoms with Crippen molar-refractivity contribution in [3.8, 4) is 6.19 Å². The maximum Gasteiger partial charge on any atom is 0.190 e. The van der Waals surface area contributed by atoms with Crippen molar-refractivity contribution in [2.24, 2.45) is 0 Å². The van der Waals surface area contributed by atoms with Crippen molar-refractivity contribution in [2.75, 3.05) is 0 Å². The molecule has 0 N–H and O–H groups in total. The number of hydrogen-bond acceptors (Lipinski definition) is 2. The first-order valence-electron chi connectivity index (χ1n) is 3.65. The molecule has 1 aromatic carbocycles. The molecule has 3 heteroatoms. The molecule has 0 unspecified atom stereocenters. The average Bonchev–Trinajstić information content (AvgIpc) is 2.49. The highest BCUT2D eigenvalue weighted by Crippen LogP contribution is 2.15. The van der Waals surface area contributed by atoms with E-state index in [1.165, 1.54) is 10.9 Å². The molecule has 0 aliphatic heterocycles. The summed E-state index contributed by atoms with van der Waals surface area (Å²) in [4.78, 5) is 4.13. The van der Waals surface area contributed by atoms with Crippen LogP contribution in [0.3, 0.4) is 0 Å². The summed E-state index contributed by atoms with van der Waals surface area (Å²) in [5.41, 5.74) is 2.87. The van der Waals surface area contributed by atoms with Gasteiger partial charge in [0.05, 0.1) is 11.0 Å². The highest BCUT2D eigenvalue weighted by atomic mass is 15.0. The minimum Gasteiger partial charge on any atom is -0.235 e. The molecule has 0 saturated heterocycles. The summed E-state index contributed by atoms with van der Waals surface area (Å²) in [5, 5.41) is 8.69. The Morgan fingerprint density at radius 1 is 1.50 bits per heavy atom. The van der Waals surface area contributed by atoms with Gasteiger partial charge < -0.3 is 0 Å². The fourth-order valence-corrected chi connectivity index (χ4v) is 1.26. The zero-order chi connectivity index (χ0) is 8.55. The lowest BCUT2D eigenvalue weighted by atomic mass is 10.2. The van der Waals surface area contributed by atoms with Gasteiger partial charge in [-0.15, -0.1) is 0 Å². The lowest BCUT2D eigenvalue weighted by Crippen LogP contribution is -1.83. The summed E-state index contributed by atoms with van der Waals surface area (Å²) in [6, 6.07) is 5.79. The van der Waals surface area contributed by atoms with Crippen LogP contribution >= 0.6 is 0 Å². The standard InChI is InChI=1S/C9H7N3/c1-7-3-2-4-8-9(7)11-6-12(8)5-10/h2-4,6H,1H3. The Labute approximate surface area is 69.9 Å². The molecule has 0 saturated carbocycles. The molecule has 12 heavy (non-hydrogen) atoms. The predicted octanol–water partition coefficient (Wildman–Crippen LogP) is 1.67. The third-order valence-electron chi connectivity index (χ3n) is 1.89. The molecule has 0 aliphatic rings. The van der Waals surface area contributed by atoms with Gasteiger partial charge in [0.15, 0.2) is 6.19 Å². The Balaban J connectivity index is 2.91. The number of aromatic nitrogens is 2. The van der Waals surface area contributed by atoms with Crippen molar-refractivity contribution in [3.05, 3.63) is 30.1 Å². The Hall–Kier alpha value is -1.82. The van der Waals surface area contributed by atoms with Crippen LogP contribution in [-0.2, 0) is 0 Å². The van der Waals surface area contributed by atoms with Crippen molar-refractivity contribution in [1.29, 1.82) is 5.26 Å². The summed E-state index contributed by atoms with van der Waals surface area (Å²) in [6.45, 7) is 1.98. The maximum absolute atomic E-state index is 8.69. The first-order chi connectivity index (χ1) is 5.83. The van der Waals surface area contributed by atoms with Crippen LogP contribution in [0, 0.1) is 18.4 Å². The van der Waals surface area contributed by atoms with Crippen LogP contribution < -0.4 is 0 Å². The fraction of sp³-hybridized carbons (Fsp3) is 0.111. The van der Waals surface area contributed by atoms with Gasteiger partial charge in [-0.2, -0.15) is 5.26 Å². The molecule has 58 valence electrons. The highest BCUT2D eigenvalue weighted by Gasteiger charge is 2.02. The lowest BCUT2D eigenvalue weighted by Gasteiger charge is -1.93. The van der Waals surface area contributed by atoms with Gasteiger partial charge >= 0.3 is 0 Å². The van der Waals surface area contributed by atoms with Crippen molar-refractivity contribution in [3.63, 3.8) is 0 Å². The molecule has 0 radical (unpaired) electrons. The van der Waals surface area contributed by atoms with E-state index in [9.17, 15) is 0 Å². The molecule has 0 spiro atoms. The SMILES string of the molecule is Cc1cccc2c1ncn2C#N. The van der Waals surface area contributed by atoms with Crippen molar-refractivity contribution < 1.29 is 0 Å². The zero-order valence-corrected chi connectivity index (χ0v) is 6.65. The number of fused-ring (bicyclic) bond motifs is 1. The minimum absolute atomic E-state index is 0.873. The normalized spacial score (nSPS) is 10.0. The minimum atomic E-state index is 0.873. The van der Waals surface area contributed by atoms with Gasteiger partial charge in [0, 0.05) is 0 Å². The zero-order valence-electron chi connectivity index (χ0n) is 6.65. The summed E-state index contributed by atoms with van der Waals surface area (Å²) >= 11 is 0. The molecule has 2 rings (SSSR count). The molecule has 0 amide bonds. The lowest BCUT2D eigenvalue weighted by molar-refractivity contribution is 1.11. The highest BCUT2D eigenvalue weighted by molar-refractivity contribution is 5.79. The van der Waals surface area contributed by atoms with Crippen LogP contribution in [-0.4, -0.2) is 9.55 Å². The van der Waals surface area contributed by atoms with E-state index in [0.29, 0.717) is 0 Å². The topological polar surface area (TPSA) is 41.6 Å². The number of nitriles is 1. The summed E-state index contributed by atoms with van der Waals surface area (Å²) in [7, 11) is 0. The van der Waals surface area contributed by atoms with E-state index in [-0.39, 0.29) is 0 Å². The van der Waals surface area contributed by atoms with Gasteiger partial charge in [0.1, 0.15) is 6.33 Å². The Kier molecular flexibility index (Phi) is 1.34. The summed E-state index contributed by atoms with van der Waals surface area (Å²) in [5.74, 6) is 0. The first kappa shape index (κ1) is 6.86. The average molecular weight is 157 g/mol. The Morgan fingerprint density at radius 2 is 2.33 bits per heavy atom. The molecule has 2 aromatic rings. The van der Waals surface area contributed by atoms with Gasteiger partial charge in [-0.25, -0.2) is 9.55 Å². The van der Waals surface area contributed by atoms with Crippen molar-refractivity contribution >= 4 is 11.0 Å². The first-order valence-corrected chi connectivity index (χ1v) is 3.65. The second kappa shape index (κ2) is 2.35. The Bertz CT molecular complexity index is 462. The third-order valence-corrected chi connectivity index (χ3v) is 1.89. The van der Waals surface area contributed by atoms with Crippen LogP contribution in [0.4, 0.5) is 0 Å². The number of rotatable bonds is 0. The summed E-state index contributed by atoms with van der Waals surface area (Å²) < 4.78 is 1.46. The van der Waals surface area contributed by atoms with Crippen LogP contribution in [0.25, 0.3) is 11.0 Å². The molecule has 0 atom stereocenters. The van der Waals surface area contributed by atoms with Crippen molar-refractivity contribution in [2.45, 2.75) is 6.92 Å². The van der Waals surface area contributed by atoms with E-state index >= 15 is 0 Å². The summed E-state index contributed by atoms with van der Waals surface area (Å²) in [6.07, 6.45) is 3.57. The number of hydrogen-bond donors (Lipinski definition) is 0. The quantitative estimate of drug-likeness (QED) is 0.583. The van der Waals surface area contributed by atoms with Crippen LogP contribution in [0.15, 0.2) is 24.5 Å². The largest absolute Gasteiger partial charge is 0.235 e. The number of imidazole rings is 1. The van der Waals surface area contributed by atoms with E-state index in [1.807, 2.05) is 31.3 Å². The van der Waals surface area contributed by atoms with Gasteiger partial charge in [-0.3, -0.25) is 0 Å². The van der Waals surface area contributed by atoms with E-state index in [0.717, 1.165) is 16.6 Å². The van der Waals surface area contributed by atoms with Gasteiger partial charge in [-0.05, 0) is 18.6 Å². The van der Waals surface area contributed by atoms with E-state index < -0.39 is 0 Å². The van der Waals surface area contributed by atoms with E-state index in [1.54, 1.807) is 0 Å². The molecule has 1 heterocycles. The fourth-order valence-electron chi connectivity index (χ4n) is 1.26. The van der Waals surface area contributed by atoms with Crippen LogP contribution in [0.5, 0.6) is 0 Å². The molecule has 0 bridgehead atoms. The molecule has 3 nitrogen and oxygen atoms in total. The van der Waals surface area contributed by atoms with Crippen LogP contribution in [0.1, 0.15) is 5.56 Å². The molecule has 0 aliphatic carbocycles.